The van der Waals surface area contributed by atoms with Gasteiger partial charge in [0.1, 0.15) is 0 Å². The van der Waals surface area contributed by atoms with E-state index in [0.29, 0.717) is 18.2 Å². The summed E-state index contributed by atoms with van der Waals surface area (Å²) in [5.74, 6) is 0.907. The fourth-order valence-electron chi connectivity index (χ4n) is 3.81. The van der Waals surface area contributed by atoms with Gasteiger partial charge in [-0.1, -0.05) is 30.3 Å². The lowest BCUT2D eigenvalue weighted by Crippen LogP contribution is -2.52. The molecule has 2 N–H and O–H groups in total. The maximum absolute atomic E-state index is 5.67. The van der Waals surface area contributed by atoms with Gasteiger partial charge in [-0.3, -0.25) is 9.89 Å². The van der Waals surface area contributed by atoms with Gasteiger partial charge < -0.3 is 15.4 Å². The third-order valence-corrected chi connectivity index (χ3v) is 5.33. The summed E-state index contributed by atoms with van der Waals surface area (Å²) in [5.41, 5.74) is 1.40. The standard InChI is InChI=1S/C20H32N4O/c1-16-13-18(10-11-24(16)15-17-7-4-3-5-8-17)23-20(21-2)22-14-19-9-6-12-25-19/h3-5,7-8,16,18-19H,6,9-15H2,1-2H3,(H2,21,22,23). The van der Waals surface area contributed by atoms with Crippen molar-refractivity contribution in [2.75, 3.05) is 26.7 Å². The van der Waals surface area contributed by atoms with E-state index in [1.807, 2.05) is 7.05 Å². The van der Waals surface area contributed by atoms with E-state index < -0.39 is 0 Å². The summed E-state index contributed by atoms with van der Waals surface area (Å²) >= 11 is 0. The quantitative estimate of drug-likeness (QED) is 0.636. The summed E-state index contributed by atoms with van der Waals surface area (Å²) in [6.07, 6.45) is 4.96. The largest absolute Gasteiger partial charge is 0.376 e. The van der Waals surface area contributed by atoms with Crippen LogP contribution < -0.4 is 10.6 Å². The number of guanidine groups is 1. The number of hydrogen-bond donors (Lipinski definition) is 2. The zero-order valence-electron chi connectivity index (χ0n) is 15.6. The lowest BCUT2D eigenvalue weighted by atomic mass is 9.97. The van der Waals surface area contributed by atoms with Crippen LogP contribution in [0, 0.1) is 0 Å². The molecule has 1 aromatic carbocycles. The van der Waals surface area contributed by atoms with Crippen molar-refractivity contribution in [3.8, 4) is 0 Å². The molecule has 1 aromatic rings. The molecule has 0 amide bonds. The predicted molar refractivity (Wildman–Crippen MR) is 103 cm³/mol. The maximum Gasteiger partial charge on any atom is 0.191 e. The first kappa shape index (κ1) is 18.2. The van der Waals surface area contributed by atoms with Crippen LogP contribution in [0.1, 0.15) is 38.2 Å². The number of rotatable bonds is 5. The summed E-state index contributed by atoms with van der Waals surface area (Å²) < 4.78 is 5.67. The van der Waals surface area contributed by atoms with Crippen LogP contribution in [0.4, 0.5) is 0 Å². The van der Waals surface area contributed by atoms with Crippen molar-refractivity contribution in [1.29, 1.82) is 0 Å². The Morgan fingerprint density at radius 1 is 1.28 bits per heavy atom. The highest BCUT2D eigenvalue weighted by Crippen LogP contribution is 2.20. The molecule has 3 rings (SSSR count). The highest BCUT2D eigenvalue weighted by molar-refractivity contribution is 5.80. The normalized spacial score (nSPS) is 28.1. The lowest BCUT2D eigenvalue weighted by Gasteiger charge is -2.38. The van der Waals surface area contributed by atoms with Crippen molar-refractivity contribution in [2.24, 2.45) is 4.99 Å². The van der Waals surface area contributed by atoms with Crippen molar-refractivity contribution in [3.05, 3.63) is 35.9 Å². The number of piperidine rings is 1. The van der Waals surface area contributed by atoms with Crippen molar-refractivity contribution in [2.45, 2.75) is 57.3 Å². The number of ether oxygens (including phenoxy) is 1. The van der Waals surface area contributed by atoms with Crippen molar-refractivity contribution >= 4 is 5.96 Å². The first-order valence-electron chi connectivity index (χ1n) is 9.61. The van der Waals surface area contributed by atoms with E-state index in [1.54, 1.807) is 0 Å². The summed E-state index contributed by atoms with van der Waals surface area (Å²) in [6, 6.07) is 11.8. The van der Waals surface area contributed by atoms with Crippen LogP contribution in [-0.2, 0) is 11.3 Å². The molecule has 0 saturated carbocycles. The zero-order chi connectivity index (χ0) is 17.5. The first-order chi connectivity index (χ1) is 12.2. The minimum absolute atomic E-state index is 0.338. The van der Waals surface area contributed by atoms with Crippen LogP contribution in [0.15, 0.2) is 35.3 Å². The van der Waals surface area contributed by atoms with E-state index in [-0.39, 0.29) is 0 Å². The molecule has 2 fully saturated rings. The Kier molecular flexibility index (Phi) is 6.70. The highest BCUT2D eigenvalue weighted by Gasteiger charge is 2.26. The van der Waals surface area contributed by atoms with E-state index in [4.69, 9.17) is 4.74 Å². The minimum atomic E-state index is 0.338. The molecule has 0 aromatic heterocycles. The lowest BCUT2D eigenvalue weighted by molar-refractivity contribution is 0.113. The summed E-state index contributed by atoms with van der Waals surface area (Å²) in [5, 5.41) is 7.03. The van der Waals surface area contributed by atoms with E-state index in [0.717, 1.165) is 51.5 Å². The fourth-order valence-corrected chi connectivity index (χ4v) is 3.81. The van der Waals surface area contributed by atoms with Crippen molar-refractivity contribution in [1.82, 2.24) is 15.5 Å². The van der Waals surface area contributed by atoms with Gasteiger partial charge in [-0.2, -0.15) is 0 Å². The topological polar surface area (TPSA) is 48.9 Å². The molecule has 138 valence electrons. The molecule has 2 aliphatic rings. The Balaban J connectivity index is 1.43. The number of aliphatic imine (C=N–C) groups is 1. The average Bonchev–Trinajstić information content (AvgIpc) is 3.15. The molecule has 2 saturated heterocycles. The number of nitrogens with one attached hydrogen (secondary N) is 2. The van der Waals surface area contributed by atoms with Crippen LogP contribution in [0.3, 0.4) is 0 Å². The van der Waals surface area contributed by atoms with Gasteiger partial charge in [0.25, 0.3) is 0 Å². The Morgan fingerprint density at radius 3 is 2.80 bits per heavy atom. The van der Waals surface area contributed by atoms with Gasteiger partial charge in [-0.15, -0.1) is 0 Å². The van der Waals surface area contributed by atoms with Gasteiger partial charge in [0.15, 0.2) is 5.96 Å². The molecular formula is C20H32N4O. The number of benzene rings is 1. The molecule has 3 atom stereocenters. The van der Waals surface area contributed by atoms with Gasteiger partial charge in [0, 0.05) is 45.4 Å². The Labute approximate surface area is 151 Å². The number of hydrogen-bond acceptors (Lipinski definition) is 3. The molecule has 0 radical (unpaired) electrons. The summed E-state index contributed by atoms with van der Waals surface area (Å²) in [4.78, 5) is 6.96. The second kappa shape index (κ2) is 9.20. The highest BCUT2D eigenvalue weighted by atomic mass is 16.5. The second-order valence-electron chi connectivity index (χ2n) is 7.26. The molecule has 0 spiro atoms. The third-order valence-electron chi connectivity index (χ3n) is 5.33. The Morgan fingerprint density at radius 2 is 2.12 bits per heavy atom. The SMILES string of the molecule is CN=C(NCC1CCCO1)NC1CCN(Cc2ccccc2)C(C)C1. The molecule has 2 aliphatic heterocycles. The van der Waals surface area contributed by atoms with Gasteiger partial charge in [0.2, 0.25) is 0 Å². The molecule has 2 heterocycles. The fraction of sp³-hybridized carbons (Fsp3) is 0.650. The molecule has 5 heteroatoms. The Hall–Kier alpha value is -1.59. The number of likely N-dealkylation sites (tertiary alicyclic amines) is 1. The smallest absolute Gasteiger partial charge is 0.191 e. The average molecular weight is 345 g/mol. The van der Waals surface area contributed by atoms with Gasteiger partial charge in [-0.25, -0.2) is 0 Å². The van der Waals surface area contributed by atoms with Crippen LogP contribution >= 0.6 is 0 Å². The van der Waals surface area contributed by atoms with Gasteiger partial charge in [0.05, 0.1) is 6.10 Å². The van der Waals surface area contributed by atoms with Crippen LogP contribution in [0.25, 0.3) is 0 Å². The van der Waals surface area contributed by atoms with E-state index in [2.05, 4.69) is 57.8 Å². The van der Waals surface area contributed by atoms with Crippen molar-refractivity contribution in [3.63, 3.8) is 0 Å². The molecular weight excluding hydrogens is 312 g/mol. The van der Waals surface area contributed by atoms with Crippen LogP contribution in [-0.4, -0.2) is 55.8 Å². The van der Waals surface area contributed by atoms with E-state index in [9.17, 15) is 0 Å². The van der Waals surface area contributed by atoms with Gasteiger partial charge in [-0.05, 0) is 38.2 Å². The number of nitrogens with zero attached hydrogens (tertiary/aromatic N) is 2. The van der Waals surface area contributed by atoms with Crippen LogP contribution in [0.2, 0.25) is 0 Å². The maximum atomic E-state index is 5.67. The van der Waals surface area contributed by atoms with Crippen molar-refractivity contribution < 1.29 is 4.74 Å². The minimum Gasteiger partial charge on any atom is -0.376 e. The first-order valence-corrected chi connectivity index (χ1v) is 9.61. The van der Waals surface area contributed by atoms with Crippen LogP contribution in [0.5, 0.6) is 0 Å². The second-order valence-corrected chi connectivity index (χ2v) is 7.26. The molecule has 0 aliphatic carbocycles. The van der Waals surface area contributed by atoms with E-state index >= 15 is 0 Å². The summed E-state index contributed by atoms with van der Waals surface area (Å²) in [6.45, 7) is 6.24. The third kappa shape index (κ3) is 5.44. The van der Waals surface area contributed by atoms with E-state index in [1.165, 1.54) is 12.0 Å². The monoisotopic (exact) mass is 344 g/mol. The predicted octanol–water partition coefficient (Wildman–Crippen LogP) is 2.38. The molecule has 5 nitrogen and oxygen atoms in total. The Bertz CT molecular complexity index is 542. The molecule has 0 bridgehead atoms. The molecule has 3 unspecified atom stereocenters. The van der Waals surface area contributed by atoms with Gasteiger partial charge >= 0.3 is 0 Å². The molecule has 25 heavy (non-hydrogen) atoms. The zero-order valence-corrected chi connectivity index (χ0v) is 15.6. The summed E-state index contributed by atoms with van der Waals surface area (Å²) in [7, 11) is 1.85.